The molecule has 1 fully saturated rings. The maximum atomic E-state index is 11.6. The molecular formula is C12H15NO4S2. The van der Waals surface area contributed by atoms with Gasteiger partial charge in [-0.05, 0) is 29.9 Å². The van der Waals surface area contributed by atoms with Crippen molar-refractivity contribution in [2.75, 3.05) is 18.1 Å². The second-order valence-electron chi connectivity index (χ2n) is 5.08. The molecule has 2 atom stereocenters. The Labute approximate surface area is 115 Å². The SMILES string of the molecule is O=C(O)C1c2ccsc2CCN1C1CCS(=O)(=O)C1. The first-order valence-electron chi connectivity index (χ1n) is 6.23. The lowest BCUT2D eigenvalue weighted by Crippen LogP contribution is -2.46. The highest BCUT2D eigenvalue weighted by Crippen LogP contribution is 2.36. The van der Waals surface area contributed by atoms with Crippen molar-refractivity contribution in [3.05, 3.63) is 21.9 Å². The first kappa shape index (κ1) is 13.1. The van der Waals surface area contributed by atoms with Gasteiger partial charge in [-0.2, -0.15) is 0 Å². The van der Waals surface area contributed by atoms with Gasteiger partial charge in [-0.25, -0.2) is 8.42 Å². The summed E-state index contributed by atoms with van der Waals surface area (Å²) in [4.78, 5) is 14.5. The van der Waals surface area contributed by atoms with Gasteiger partial charge in [-0.15, -0.1) is 11.3 Å². The molecule has 0 amide bonds. The summed E-state index contributed by atoms with van der Waals surface area (Å²) >= 11 is 1.58. The second kappa shape index (κ2) is 4.57. The summed E-state index contributed by atoms with van der Waals surface area (Å²) in [7, 11) is -2.99. The number of carboxylic acid groups (broad SMARTS) is 1. The Hall–Kier alpha value is -0.920. The van der Waals surface area contributed by atoms with Crippen molar-refractivity contribution >= 4 is 27.1 Å². The molecule has 0 bridgehead atoms. The zero-order valence-electron chi connectivity index (χ0n) is 10.3. The molecule has 0 saturated carbocycles. The van der Waals surface area contributed by atoms with E-state index < -0.39 is 21.8 Å². The van der Waals surface area contributed by atoms with Crippen LogP contribution in [0.1, 0.15) is 22.9 Å². The van der Waals surface area contributed by atoms with Gasteiger partial charge in [-0.1, -0.05) is 0 Å². The first-order chi connectivity index (χ1) is 8.98. The van der Waals surface area contributed by atoms with E-state index in [2.05, 4.69) is 0 Å². The van der Waals surface area contributed by atoms with E-state index in [1.807, 2.05) is 16.3 Å². The number of aliphatic carboxylic acids is 1. The molecule has 2 aliphatic heterocycles. The predicted molar refractivity (Wildman–Crippen MR) is 72.2 cm³/mol. The van der Waals surface area contributed by atoms with Crippen LogP contribution in [-0.2, 0) is 21.1 Å². The molecule has 0 spiro atoms. The van der Waals surface area contributed by atoms with E-state index in [1.54, 1.807) is 11.3 Å². The molecule has 0 aromatic carbocycles. The predicted octanol–water partition coefficient (Wildman–Crippen LogP) is 0.919. The van der Waals surface area contributed by atoms with Crippen molar-refractivity contribution in [2.45, 2.75) is 24.9 Å². The summed E-state index contributed by atoms with van der Waals surface area (Å²) in [5.41, 5.74) is 0.841. The largest absolute Gasteiger partial charge is 0.480 e. The molecule has 5 nitrogen and oxygen atoms in total. The Morgan fingerprint density at radius 2 is 2.26 bits per heavy atom. The van der Waals surface area contributed by atoms with Gasteiger partial charge in [0.2, 0.25) is 0 Å². The number of carboxylic acids is 1. The number of hydrogen-bond donors (Lipinski definition) is 1. The van der Waals surface area contributed by atoms with Crippen molar-refractivity contribution < 1.29 is 18.3 Å². The summed E-state index contributed by atoms with van der Waals surface area (Å²) in [6.07, 6.45) is 1.36. The van der Waals surface area contributed by atoms with Gasteiger partial charge in [0, 0.05) is 17.5 Å². The number of sulfone groups is 1. The maximum absolute atomic E-state index is 11.6. The van der Waals surface area contributed by atoms with Crippen molar-refractivity contribution in [1.29, 1.82) is 0 Å². The van der Waals surface area contributed by atoms with Crippen molar-refractivity contribution in [2.24, 2.45) is 0 Å². The molecule has 104 valence electrons. The van der Waals surface area contributed by atoms with E-state index in [0.29, 0.717) is 13.0 Å². The van der Waals surface area contributed by atoms with Crippen LogP contribution < -0.4 is 0 Å². The standard InChI is InChI=1S/C12H15NO4S2/c14-12(15)11-9-2-5-18-10(9)1-4-13(11)8-3-6-19(16,17)7-8/h2,5,8,11H,1,3-4,6-7H2,(H,14,15). The molecule has 2 unspecified atom stereocenters. The van der Waals surface area contributed by atoms with Gasteiger partial charge >= 0.3 is 5.97 Å². The zero-order chi connectivity index (χ0) is 13.6. The third-order valence-corrected chi connectivity index (χ3v) is 6.66. The van der Waals surface area contributed by atoms with Gasteiger partial charge in [0.25, 0.3) is 0 Å². The third-order valence-electron chi connectivity index (χ3n) is 3.91. The van der Waals surface area contributed by atoms with Crippen molar-refractivity contribution in [3.63, 3.8) is 0 Å². The molecule has 19 heavy (non-hydrogen) atoms. The molecular weight excluding hydrogens is 286 g/mol. The Morgan fingerprint density at radius 1 is 1.47 bits per heavy atom. The van der Waals surface area contributed by atoms with Crippen molar-refractivity contribution in [1.82, 2.24) is 4.90 Å². The normalized spacial score (nSPS) is 30.1. The van der Waals surface area contributed by atoms with E-state index in [4.69, 9.17) is 0 Å². The minimum Gasteiger partial charge on any atom is -0.480 e. The topological polar surface area (TPSA) is 74.7 Å². The Kier molecular flexibility index (Phi) is 3.15. The van der Waals surface area contributed by atoms with Crippen LogP contribution >= 0.6 is 11.3 Å². The molecule has 7 heteroatoms. The molecule has 1 N–H and O–H groups in total. The van der Waals surface area contributed by atoms with Crippen LogP contribution in [0.15, 0.2) is 11.4 Å². The average molecular weight is 301 g/mol. The number of thiophene rings is 1. The Balaban J connectivity index is 1.92. The minimum absolute atomic E-state index is 0.0935. The van der Waals surface area contributed by atoms with Crippen LogP contribution in [-0.4, -0.2) is 48.5 Å². The van der Waals surface area contributed by atoms with Crippen LogP contribution in [0.2, 0.25) is 0 Å². The highest BCUT2D eigenvalue weighted by molar-refractivity contribution is 7.91. The number of nitrogens with zero attached hydrogens (tertiary/aromatic N) is 1. The number of hydrogen-bond acceptors (Lipinski definition) is 5. The zero-order valence-corrected chi connectivity index (χ0v) is 11.9. The van der Waals surface area contributed by atoms with Crippen LogP contribution in [0.4, 0.5) is 0 Å². The molecule has 0 radical (unpaired) electrons. The lowest BCUT2D eigenvalue weighted by Gasteiger charge is -2.36. The molecule has 1 aromatic rings. The summed E-state index contributed by atoms with van der Waals surface area (Å²) in [6.45, 7) is 0.630. The molecule has 2 aliphatic rings. The van der Waals surface area contributed by atoms with Crippen LogP contribution in [0, 0.1) is 0 Å². The van der Waals surface area contributed by atoms with Crippen molar-refractivity contribution in [3.8, 4) is 0 Å². The smallest absolute Gasteiger partial charge is 0.325 e. The molecule has 1 aromatic heterocycles. The van der Waals surface area contributed by atoms with Crippen LogP contribution in [0.5, 0.6) is 0 Å². The van der Waals surface area contributed by atoms with Gasteiger partial charge in [0.1, 0.15) is 6.04 Å². The van der Waals surface area contributed by atoms with E-state index in [-0.39, 0.29) is 17.5 Å². The Bertz CT molecular complexity index is 607. The summed E-state index contributed by atoms with van der Waals surface area (Å²) in [5.74, 6) is -0.614. The monoisotopic (exact) mass is 301 g/mol. The fourth-order valence-electron chi connectivity index (χ4n) is 3.04. The number of rotatable bonds is 2. The summed E-state index contributed by atoms with van der Waals surface area (Å²) < 4.78 is 23.2. The van der Waals surface area contributed by atoms with Gasteiger partial charge in [-0.3, -0.25) is 9.69 Å². The minimum atomic E-state index is -2.99. The molecule has 1 saturated heterocycles. The van der Waals surface area contributed by atoms with Crippen LogP contribution in [0.25, 0.3) is 0 Å². The molecule has 0 aliphatic carbocycles. The fourth-order valence-corrected chi connectivity index (χ4v) is 5.69. The summed E-state index contributed by atoms with van der Waals surface area (Å²) in [6, 6.07) is 1.02. The lowest BCUT2D eigenvalue weighted by atomic mass is 9.97. The quantitative estimate of drug-likeness (QED) is 0.879. The highest BCUT2D eigenvalue weighted by atomic mass is 32.2. The van der Waals surface area contributed by atoms with E-state index in [0.717, 1.165) is 16.9 Å². The second-order valence-corrected chi connectivity index (χ2v) is 8.31. The first-order valence-corrected chi connectivity index (χ1v) is 8.93. The molecule has 3 heterocycles. The Morgan fingerprint density at radius 3 is 2.89 bits per heavy atom. The van der Waals surface area contributed by atoms with E-state index >= 15 is 0 Å². The summed E-state index contributed by atoms with van der Waals surface area (Å²) in [5, 5.41) is 11.4. The number of fused-ring (bicyclic) bond motifs is 1. The van der Waals surface area contributed by atoms with E-state index in [1.165, 1.54) is 0 Å². The lowest BCUT2D eigenvalue weighted by molar-refractivity contribution is -0.144. The van der Waals surface area contributed by atoms with Gasteiger partial charge in [0.15, 0.2) is 9.84 Å². The van der Waals surface area contributed by atoms with Gasteiger partial charge in [0.05, 0.1) is 11.5 Å². The third kappa shape index (κ3) is 2.30. The average Bonchev–Trinajstić information content (AvgIpc) is 2.93. The molecule has 3 rings (SSSR count). The van der Waals surface area contributed by atoms with Gasteiger partial charge < -0.3 is 5.11 Å². The number of carbonyl (C=O) groups is 1. The van der Waals surface area contributed by atoms with Crippen LogP contribution in [0.3, 0.4) is 0 Å². The fraction of sp³-hybridized carbons (Fsp3) is 0.583. The highest BCUT2D eigenvalue weighted by Gasteiger charge is 2.41. The maximum Gasteiger partial charge on any atom is 0.325 e. The van der Waals surface area contributed by atoms with E-state index in [9.17, 15) is 18.3 Å².